The number of aromatic hydroxyl groups is 1. The fraction of sp³-hybridized carbons (Fsp3) is 0.0667. The fourth-order valence-electron chi connectivity index (χ4n) is 2.09. The van der Waals surface area contributed by atoms with Gasteiger partial charge in [-0.2, -0.15) is 9.79 Å². The van der Waals surface area contributed by atoms with E-state index in [1.54, 1.807) is 42.5 Å². The molecule has 0 amide bonds. The van der Waals surface area contributed by atoms with Crippen LogP contribution in [-0.2, 0) is 14.9 Å². The van der Waals surface area contributed by atoms with Crippen molar-refractivity contribution in [3.63, 3.8) is 0 Å². The van der Waals surface area contributed by atoms with Gasteiger partial charge >= 0.3 is 0 Å². The Labute approximate surface area is 128 Å². The van der Waals surface area contributed by atoms with E-state index in [9.17, 15) is 13.5 Å². The van der Waals surface area contributed by atoms with Crippen molar-refractivity contribution in [2.75, 3.05) is 5.06 Å². The minimum atomic E-state index is -3.70. The smallest absolute Gasteiger partial charge is 0.242 e. The Morgan fingerprint density at radius 1 is 1.05 bits per heavy atom. The lowest BCUT2D eigenvalue weighted by Gasteiger charge is -2.25. The summed E-state index contributed by atoms with van der Waals surface area (Å²) in [5, 5.41) is 11.2. The van der Waals surface area contributed by atoms with Gasteiger partial charge in [0, 0.05) is 0 Å². The van der Waals surface area contributed by atoms with Crippen LogP contribution in [0.5, 0.6) is 5.75 Å². The van der Waals surface area contributed by atoms with E-state index in [-0.39, 0.29) is 10.6 Å². The number of hydrogen-bond donors (Lipinski definition) is 2. The second-order valence-corrected chi connectivity index (χ2v) is 6.34. The van der Waals surface area contributed by atoms with E-state index in [1.165, 1.54) is 29.5 Å². The highest BCUT2D eigenvalue weighted by Crippen LogP contribution is 2.30. The summed E-state index contributed by atoms with van der Waals surface area (Å²) in [6, 6.07) is 14.6. The molecule has 0 saturated heterocycles. The maximum atomic E-state index is 12.4. The third kappa shape index (κ3) is 2.76. The van der Waals surface area contributed by atoms with Crippen LogP contribution in [0.3, 0.4) is 0 Å². The van der Waals surface area contributed by atoms with Gasteiger partial charge in [0.05, 0.1) is 4.90 Å². The first kappa shape index (κ1) is 14.4. The summed E-state index contributed by atoms with van der Waals surface area (Å²) in [6.45, 7) is 0. The lowest BCUT2D eigenvalue weighted by molar-refractivity contribution is 0.218. The van der Waals surface area contributed by atoms with E-state index < -0.39 is 16.2 Å². The van der Waals surface area contributed by atoms with Crippen molar-refractivity contribution in [2.45, 2.75) is 11.1 Å². The molecule has 0 spiro atoms. The Hall–Kier alpha value is -2.51. The van der Waals surface area contributed by atoms with Crippen LogP contribution in [0, 0.1) is 0 Å². The average molecular weight is 318 g/mol. The number of nitrogens with zero attached hydrogens (tertiary/aromatic N) is 1. The quantitative estimate of drug-likeness (QED) is 0.901. The van der Waals surface area contributed by atoms with E-state index in [0.717, 1.165) is 0 Å². The summed E-state index contributed by atoms with van der Waals surface area (Å²) in [5.41, 5.74) is 0.369. The third-order valence-electron chi connectivity index (χ3n) is 3.14. The molecule has 1 unspecified atom stereocenters. The molecule has 0 radical (unpaired) electrons. The minimum Gasteiger partial charge on any atom is -0.506 e. The zero-order valence-corrected chi connectivity index (χ0v) is 12.3. The molecule has 3 rings (SSSR count). The molecule has 0 bridgehead atoms. The number of hydrogen-bond acceptors (Lipinski definition) is 5. The standard InChI is InChI=1S/C15H14N2O4S/c18-14-9-5-4-8-13(14)17-15(10-11-21-17)16-22(19,20)12-6-2-1-3-7-12/h1-11,15-16,18H. The number of para-hydroxylation sites is 2. The van der Waals surface area contributed by atoms with E-state index in [2.05, 4.69) is 4.72 Å². The van der Waals surface area contributed by atoms with Crippen LogP contribution in [0.2, 0.25) is 0 Å². The second-order valence-electron chi connectivity index (χ2n) is 4.63. The molecule has 0 fully saturated rings. The zero-order chi connectivity index (χ0) is 15.6. The highest BCUT2D eigenvalue weighted by Gasteiger charge is 2.29. The van der Waals surface area contributed by atoms with Crippen LogP contribution in [-0.4, -0.2) is 19.7 Å². The molecule has 0 aliphatic carbocycles. The molecule has 1 aliphatic rings. The number of nitrogens with one attached hydrogen (secondary N) is 1. The van der Waals surface area contributed by atoms with Gasteiger partial charge in [-0.3, -0.25) is 0 Å². The van der Waals surface area contributed by atoms with Gasteiger partial charge in [-0.15, -0.1) is 0 Å². The SMILES string of the molecule is O=S(=O)(NC1C=CON1c1ccccc1O)c1ccccc1. The van der Waals surface area contributed by atoms with E-state index in [1.807, 2.05) is 0 Å². The van der Waals surface area contributed by atoms with Crippen LogP contribution < -0.4 is 9.79 Å². The van der Waals surface area contributed by atoms with Crippen molar-refractivity contribution in [1.29, 1.82) is 0 Å². The molecular weight excluding hydrogens is 304 g/mol. The number of phenols is 1. The third-order valence-corrected chi connectivity index (χ3v) is 4.58. The van der Waals surface area contributed by atoms with Crippen LogP contribution in [0.25, 0.3) is 0 Å². The molecule has 1 atom stereocenters. The Balaban J connectivity index is 1.86. The van der Waals surface area contributed by atoms with Crippen LogP contribution in [0.1, 0.15) is 0 Å². The molecule has 1 aliphatic heterocycles. The Morgan fingerprint density at radius 3 is 2.45 bits per heavy atom. The van der Waals surface area contributed by atoms with Gasteiger partial charge in [-0.05, 0) is 30.3 Å². The van der Waals surface area contributed by atoms with Crippen molar-refractivity contribution in [1.82, 2.24) is 4.72 Å². The summed E-state index contributed by atoms with van der Waals surface area (Å²) in [6.07, 6.45) is 2.16. The first-order valence-electron chi connectivity index (χ1n) is 6.56. The summed E-state index contributed by atoms with van der Waals surface area (Å²) >= 11 is 0. The number of rotatable bonds is 4. The maximum Gasteiger partial charge on any atom is 0.242 e. The molecule has 7 heteroatoms. The molecule has 1 heterocycles. The van der Waals surface area contributed by atoms with E-state index >= 15 is 0 Å². The monoisotopic (exact) mass is 318 g/mol. The molecule has 114 valence electrons. The first-order chi connectivity index (χ1) is 10.6. The summed E-state index contributed by atoms with van der Waals surface area (Å²) in [7, 11) is -3.70. The van der Waals surface area contributed by atoms with Crippen LogP contribution in [0.15, 0.2) is 71.8 Å². The zero-order valence-electron chi connectivity index (χ0n) is 11.5. The van der Waals surface area contributed by atoms with E-state index in [0.29, 0.717) is 5.69 Å². The van der Waals surface area contributed by atoms with Crippen LogP contribution in [0.4, 0.5) is 5.69 Å². The lowest BCUT2D eigenvalue weighted by atomic mass is 10.3. The number of hydroxylamine groups is 1. The van der Waals surface area contributed by atoms with Crippen molar-refractivity contribution >= 4 is 15.7 Å². The van der Waals surface area contributed by atoms with Crippen molar-refractivity contribution in [3.8, 4) is 5.75 Å². The first-order valence-corrected chi connectivity index (χ1v) is 8.04. The Morgan fingerprint density at radius 2 is 1.73 bits per heavy atom. The molecule has 2 N–H and O–H groups in total. The van der Waals surface area contributed by atoms with Gasteiger partial charge in [0.1, 0.15) is 17.7 Å². The molecule has 2 aromatic rings. The van der Waals surface area contributed by atoms with E-state index in [4.69, 9.17) is 4.84 Å². The van der Waals surface area contributed by atoms with Crippen molar-refractivity contribution < 1.29 is 18.4 Å². The van der Waals surface area contributed by atoms with Gasteiger partial charge in [-0.1, -0.05) is 30.3 Å². The molecule has 6 nitrogen and oxygen atoms in total. The number of sulfonamides is 1. The molecule has 22 heavy (non-hydrogen) atoms. The van der Waals surface area contributed by atoms with Gasteiger partial charge < -0.3 is 9.94 Å². The fourth-order valence-corrected chi connectivity index (χ4v) is 3.23. The van der Waals surface area contributed by atoms with Gasteiger partial charge in [0.25, 0.3) is 0 Å². The number of phenolic OH excluding ortho intramolecular Hbond substituents is 1. The summed E-state index contributed by atoms with van der Waals surface area (Å²) in [5.74, 6) is -0.00453. The van der Waals surface area contributed by atoms with Gasteiger partial charge in [-0.25, -0.2) is 8.42 Å². The average Bonchev–Trinajstić information content (AvgIpc) is 2.96. The largest absolute Gasteiger partial charge is 0.506 e. The Kier molecular flexibility index (Phi) is 3.74. The predicted molar refractivity (Wildman–Crippen MR) is 81.4 cm³/mol. The van der Waals surface area contributed by atoms with Crippen molar-refractivity contribution in [2.24, 2.45) is 0 Å². The molecule has 0 saturated carbocycles. The molecular formula is C15H14N2O4S. The minimum absolute atomic E-state index is 0.00453. The Bertz CT molecular complexity index is 790. The van der Waals surface area contributed by atoms with Crippen LogP contribution >= 0.6 is 0 Å². The maximum absolute atomic E-state index is 12.4. The molecule has 2 aromatic carbocycles. The molecule has 0 aromatic heterocycles. The summed E-state index contributed by atoms with van der Waals surface area (Å²) in [4.78, 5) is 5.44. The second kappa shape index (κ2) is 5.70. The normalized spacial score (nSPS) is 17.5. The van der Waals surface area contributed by atoms with Gasteiger partial charge in [0.15, 0.2) is 6.17 Å². The lowest BCUT2D eigenvalue weighted by Crippen LogP contribution is -2.43. The van der Waals surface area contributed by atoms with Gasteiger partial charge in [0.2, 0.25) is 10.0 Å². The summed E-state index contributed by atoms with van der Waals surface area (Å²) < 4.78 is 27.2. The highest BCUT2D eigenvalue weighted by molar-refractivity contribution is 7.89. The van der Waals surface area contributed by atoms with Crippen molar-refractivity contribution in [3.05, 3.63) is 66.9 Å². The highest BCUT2D eigenvalue weighted by atomic mass is 32.2. The number of benzene rings is 2. The predicted octanol–water partition coefficient (Wildman–Crippen LogP) is 1.96. The topological polar surface area (TPSA) is 78.9 Å². The number of anilines is 1.